The Balaban J connectivity index is 2.49. The van der Waals surface area contributed by atoms with Gasteiger partial charge in [0.25, 0.3) is 0 Å². The van der Waals surface area contributed by atoms with Gasteiger partial charge in [-0.1, -0.05) is 0 Å². The standard InChI is InChI=1S/C10H10N4O/c1-7-9(6-15)5-14(13-7)10-3-4-11-8(2)12-10/h3-6H,1-2H3. The van der Waals surface area contributed by atoms with Crippen LogP contribution in [0.2, 0.25) is 0 Å². The topological polar surface area (TPSA) is 60.7 Å². The molecule has 2 aromatic rings. The van der Waals surface area contributed by atoms with Gasteiger partial charge in [0.1, 0.15) is 5.82 Å². The number of nitrogens with zero attached hydrogens (tertiary/aromatic N) is 4. The highest BCUT2D eigenvalue weighted by Gasteiger charge is 2.05. The maximum absolute atomic E-state index is 10.7. The van der Waals surface area contributed by atoms with Crippen LogP contribution in [0.5, 0.6) is 0 Å². The summed E-state index contributed by atoms with van der Waals surface area (Å²) >= 11 is 0. The lowest BCUT2D eigenvalue weighted by atomic mass is 10.3. The van der Waals surface area contributed by atoms with Crippen LogP contribution in [0.1, 0.15) is 21.9 Å². The Morgan fingerprint density at radius 2 is 2.20 bits per heavy atom. The van der Waals surface area contributed by atoms with Gasteiger partial charge in [-0.05, 0) is 13.8 Å². The van der Waals surface area contributed by atoms with E-state index in [2.05, 4.69) is 15.1 Å². The van der Waals surface area contributed by atoms with Gasteiger partial charge in [0.05, 0.1) is 11.3 Å². The van der Waals surface area contributed by atoms with Crippen molar-refractivity contribution in [2.45, 2.75) is 13.8 Å². The molecule has 0 spiro atoms. The van der Waals surface area contributed by atoms with E-state index >= 15 is 0 Å². The fourth-order valence-electron chi connectivity index (χ4n) is 1.28. The van der Waals surface area contributed by atoms with E-state index in [1.54, 1.807) is 37.0 Å². The van der Waals surface area contributed by atoms with E-state index in [0.717, 1.165) is 6.29 Å². The Morgan fingerprint density at radius 1 is 1.40 bits per heavy atom. The highest BCUT2D eigenvalue weighted by Crippen LogP contribution is 2.07. The normalized spacial score (nSPS) is 10.3. The molecule has 5 heteroatoms. The van der Waals surface area contributed by atoms with Gasteiger partial charge < -0.3 is 0 Å². The van der Waals surface area contributed by atoms with Crippen molar-refractivity contribution in [3.63, 3.8) is 0 Å². The maximum atomic E-state index is 10.7. The number of carbonyl (C=O) groups is 1. The van der Waals surface area contributed by atoms with Crippen LogP contribution in [-0.2, 0) is 0 Å². The zero-order chi connectivity index (χ0) is 10.8. The van der Waals surface area contributed by atoms with Crippen LogP contribution in [0, 0.1) is 13.8 Å². The second-order valence-corrected chi connectivity index (χ2v) is 3.19. The number of aryl methyl sites for hydroxylation is 2. The molecule has 0 aliphatic carbocycles. The molecule has 0 amide bonds. The third kappa shape index (κ3) is 1.76. The summed E-state index contributed by atoms with van der Waals surface area (Å²) < 4.78 is 1.58. The highest BCUT2D eigenvalue weighted by molar-refractivity contribution is 5.75. The van der Waals surface area contributed by atoms with E-state index in [1.165, 1.54) is 0 Å². The van der Waals surface area contributed by atoms with Crippen LogP contribution in [0.3, 0.4) is 0 Å². The van der Waals surface area contributed by atoms with Crippen molar-refractivity contribution in [1.82, 2.24) is 19.7 Å². The van der Waals surface area contributed by atoms with Crippen LogP contribution in [-0.4, -0.2) is 26.0 Å². The Morgan fingerprint density at radius 3 is 2.80 bits per heavy atom. The lowest BCUT2D eigenvalue weighted by molar-refractivity contribution is 0.112. The number of hydrogen-bond donors (Lipinski definition) is 0. The molecule has 2 rings (SSSR count). The Hall–Kier alpha value is -2.04. The molecule has 0 fully saturated rings. The Labute approximate surface area is 86.8 Å². The van der Waals surface area contributed by atoms with Gasteiger partial charge >= 0.3 is 0 Å². The first-order valence-electron chi connectivity index (χ1n) is 4.52. The highest BCUT2D eigenvalue weighted by atomic mass is 16.1. The summed E-state index contributed by atoms with van der Waals surface area (Å²) in [5.41, 5.74) is 1.27. The molecule has 0 atom stereocenters. The zero-order valence-electron chi connectivity index (χ0n) is 8.51. The van der Waals surface area contributed by atoms with Gasteiger partial charge in [0.2, 0.25) is 0 Å². The third-order valence-corrected chi connectivity index (χ3v) is 2.06. The van der Waals surface area contributed by atoms with E-state index < -0.39 is 0 Å². The number of hydrogen-bond acceptors (Lipinski definition) is 4. The van der Waals surface area contributed by atoms with Gasteiger partial charge in [0.15, 0.2) is 12.1 Å². The minimum Gasteiger partial charge on any atom is -0.298 e. The quantitative estimate of drug-likeness (QED) is 0.684. The molecule has 0 aromatic carbocycles. The molecule has 2 aromatic heterocycles. The van der Waals surface area contributed by atoms with Crippen molar-refractivity contribution in [1.29, 1.82) is 0 Å². The summed E-state index contributed by atoms with van der Waals surface area (Å²) in [6.45, 7) is 3.59. The van der Waals surface area contributed by atoms with Crippen molar-refractivity contribution in [2.24, 2.45) is 0 Å². The van der Waals surface area contributed by atoms with Gasteiger partial charge in [-0.25, -0.2) is 14.6 Å². The van der Waals surface area contributed by atoms with E-state index in [1.807, 2.05) is 0 Å². The lowest BCUT2D eigenvalue weighted by Gasteiger charge is -1.99. The molecular weight excluding hydrogens is 192 g/mol. The minimum absolute atomic E-state index is 0.575. The smallest absolute Gasteiger partial charge is 0.157 e. The Kier molecular flexibility index (Phi) is 2.29. The van der Waals surface area contributed by atoms with Gasteiger partial charge in [-0.15, -0.1) is 0 Å². The van der Waals surface area contributed by atoms with Crippen molar-refractivity contribution in [3.8, 4) is 5.82 Å². The first-order chi connectivity index (χ1) is 7.20. The number of rotatable bonds is 2. The number of aldehydes is 1. The molecule has 0 radical (unpaired) electrons. The number of aromatic nitrogens is 4. The first kappa shape index (κ1) is 9.51. The van der Waals surface area contributed by atoms with Crippen LogP contribution in [0.25, 0.3) is 5.82 Å². The maximum Gasteiger partial charge on any atom is 0.157 e. The third-order valence-electron chi connectivity index (χ3n) is 2.06. The van der Waals surface area contributed by atoms with E-state index in [-0.39, 0.29) is 0 Å². The van der Waals surface area contributed by atoms with Crippen LogP contribution in [0.4, 0.5) is 0 Å². The molecule has 0 saturated carbocycles. The predicted molar refractivity (Wildman–Crippen MR) is 54.0 cm³/mol. The molecule has 0 saturated heterocycles. The second-order valence-electron chi connectivity index (χ2n) is 3.19. The van der Waals surface area contributed by atoms with Crippen molar-refractivity contribution >= 4 is 6.29 Å². The van der Waals surface area contributed by atoms with Crippen LogP contribution >= 0.6 is 0 Å². The fourth-order valence-corrected chi connectivity index (χ4v) is 1.28. The second kappa shape index (κ2) is 3.61. The summed E-state index contributed by atoms with van der Waals surface area (Å²) in [5.74, 6) is 1.34. The molecule has 5 nitrogen and oxygen atoms in total. The molecule has 0 N–H and O–H groups in total. The fraction of sp³-hybridized carbons (Fsp3) is 0.200. The predicted octanol–water partition coefficient (Wildman–Crippen LogP) is 1.09. The van der Waals surface area contributed by atoms with E-state index in [9.17, 15) is 4.79 Å². The first-order valence-corrected chi connectivity index (χ1v) is 4.52. The zero-order valence-corrected chi connectivity index (χ0v) is 8.51. The molecular formula is C10H10N4O. The van der Waals surface area contributed by atoms with Crippen LogP contribution < -0.4 is 0 Å². The van der Waals surface area contributed by atoms with Gasteiger partial charge in [-0.3, -0.25) is 4.79 Å². The van der Waals surface area contributed by atoms with Crippen molar-refractivity contribution in [3.05, 3.63) is 35.5 Å². The van der Waals surface area contributed by atoms with Crippen molar-refractivity contribution < 1.29 is 4.79 Å². The molecule has 2 heterocycles. The molecule has 0 bridgehead atoms. The van der Waals surface area contributed by atoms with Crippen LogP contribution in [0.15, 0.2) is 18.5 Å². The minimum atomic E-state index is 0.575. The lowest BCUT2D eigenvalue weighted by Crippen LogP contribution is -2.00. The monoisotopic (exact) mass is 202 g/mol. The largest absolute Gasteiger partial charge is 0.298 e. The molecule has 0 unspecified atom stereocenters. The van der Waals surface area contributed by atoms with E-state index in [0.29, 0.717) is 22.9 Å². The summed E-state index contributed by atoms with van der Waals surface area (Å²) in [6, 6.07) is 1.74. The van der Waals surface area contributed by atoms with E-state index in [4.69, 9.17) is 0 Å². The van der Waals surface area contributed by atoms with Gasteiger partial charge in [0, 0.05) is 18.5 Å². The summed E-state index contributed by atoms with van der Waals surface area (Å²) in [6.07, 6.45) is 4.10. The molecule has 15 heavy (non-hydrogen) atoms. The molecule has 0 aliphatic heterocycles. The van der Waals surface area contributed by atoms with Gasteiger partial charge in [-0.2, -0.15) is 5.10 Å². The summed E-state index contributed by atoms with van der Waals surface area (Å²) in [5, 5.41) is 4.19. The summed E-state index contributed by atoms with van der Waals surface area (Å²) in [7, 11) is 0. The SMILES string of the molecule is Cc1nccc(-n2cc(C=O)c(C)n2)n1. The Bertz CT molecular complexity index is 504. The molecule has 76 valence electrons. The summed E-state index contributed by atoms with van der Waals surface area (Å²) in [4.78, 5) is 18.9. The average Bonchev–Trinajstić information content (AvgIpc) is 2.60. The van der Waals surface area contributed by atoms with Crippen molar-refractivity contribution in [2.75, 3.05) is 0 Å². The average molecular weight is 202 g/mol. The molecule has 0 aliphatic rings. The number of carbonyl (C=O) groups excluding carboxylic acids is 1.